The Morgan fingerprint density at radius 3 is 2.91 bits per heavy atom. The number of anilines is 1. The number of hydrogen-bond acceptors (Lipinski definition) is 6. The topological polar surface area (TPSA) is 93.7 Å². The molecular weight excluding hydrogens is 435 g/mol. The molecule has 0 radical (unpaired) electrons. The summed E-state index contributed by atoms with van der Waals surface area (Å²) in [5, 5.41) is 3.24. The van der Waals surface area contributed by atoms with Gasteiger partial charge in [0.05, 0.1) is 24.3 Å². The zero-order valence-electron chi connectivity index (χ0n) is 17.7. The number of halogens is 1. The summed E-state index contributed by atoms with van der Waals surface area (Å²) in [5.74, 6) is 0.238. The normalized spacial score (nSPS) is 23.6. The average Bonchev–Trinajstić information content (AvgIpc) is 3.39. The molecule has 32 heavy (non-hydrogen) atoms. The first-order chi connectivity index (χ1) is 15.4. The van der Waals surface area contributed by atoms with Crippen molar-refractivity contribution < 1.29 is 27.1 Å². The van der Waals surface area contributed by atoms with Crippen LogP contribution in [0.2, 0.25) is 0 Å². The molecule has 0 amide bonds. The molecule has 2 aromatic rings. The second-order valence-corrected chi connectivity index (χ2v) is 10.4. The maximum Gasteiger partial charge on any atom is 0.343 e. The van der Waals surface area contributed by atoms with Gasteiger partial charge < -0.3 is 14.8 Å². The van der Waals surface area contributed by atoms with Gasteiger partial charge in [0, 0.05) is 5.92 Å². The Bertz CT molecular complexity index is 1180. The lowest BCUT2D eigenvalue weighted by Crippen LogP contribution is -2.21. The second-order valence-electron chi connectivity index (χ2n) is 8.73. The number of ether oxygens (including phenoxy) is 2. The lowest BCUT2D eigenvalue weighted by Gasteiger charge is -2.22. The summed E-state index contributed by atoms with van der Waals surface area (Å²) in [6.07, 6.45) is 2.34. The maximum absolute atomic E-state index is 14.0. The minimum absolute atomic E-state index is 0.00233. The molecule has 0 bridgehead atoms. The third-order valence-electron chi connectivity index (χ3n) is 6.57. The summed E-state index contributed by atoms with van der Waals surface area (Å²) in [4.78, 5) is 12.6. The predicted molar refractivity (Wildman–Crippen MR) is 116 cm³/mol. The van der Waals surface area contributed by atoms with E-state index in [1.165, 1.54) is 19.2 Å². The fourth-order valence-electron chi connectivity index (χ4n) is 4.81. The third-order valence-corrected chi connectivity index (χ3v) is 8.03. The lowest BCUT2D eigenvalue weighted by molar-refractivity contribution is 0.0596. The summed E-state index contributed by atoms with van der Waals surface area (Å²) in [6.45, 7) is 2.12. The van der Waals surface area contributed by atoms with Gasteiger partial charge in [-0.2, -0.15) is 0 Å². The van der Waals surface area contributed by atoms with Crippen LogP contribution in [0, 0.1) is 17.7 Å². The van der Waals surface area contributed by atoms with Gasteiger partial charge in [0.25, 0.3) is 10.0 Å². The van der Waals surface area contributed by atoms with Gasteiger partial charge >= 0.3 is 5.97 Å². The first-order valence-corrected chi connectivity index (χ1v) is 12.3. The van der Waals surface area contributed by atoms with E-state index < -0.39 is 21.8 Å². The van der Waals surface area contributed by atoms with Gasteiger partial charge in [-0.3, -0.25) is 4.72 Å². The SMILES string of the molecule is COC(=O)c1c(NS(=O)(=O)c2ccc(F)cc2C[C@@H]2CCNC2)ccc2c1OC[C@@H]1C[C@H]21. The summed E-state index contributed by atoms with van der Waals surface area (Å²) >= 11 is 0. The summed E-state index contributed by atoms with van der Waals surface area (Å²) < 4.78 is 54.0. The molecule has 2 heterocycles. The highest BCUT2D eigenvalue weighted by Gasteiger charge is 2.45. The van der Waals surface area contributed by atoms with Crippen LogP contribution in [0.1, 0.15) is 40.2 Å². The van der Waals surface area contributed by atoms with Crippen molar-refractivity contribution in [2.75, 3.05) is 31.5 Å². The van der Waals surface area contributed by atoms with E-state index >= 15 is 0 Å². The number of benzene rings is 2. The van der Waals surface area contributed by atoms with Gasteiger partial charge in [0.1, 0.15) is 17.1 Å². The van der Waals surface area contributed by atoms with Crippen molar-refractivity contribution in [3.05, 3.63) is 52.8 Å². The van der Waals surface area contributed by atoms with Crippen molar-refractivity contribution in [3.8, 4) is 5.75 Å². The van der Waals surface area contributed by atoms with E-state index in [-0.39, 0.29) is 22.1 Å². The summed E-state index contributed by atoms with van der Waals surface area (Å²) in [5.41, 5.74) is 1.48. The fraction of sp³-hybridized carbons (Fsp3) is 0.435. The molecule has 3 atom stereocenters. The first kappa shape index (κ1) is 21.2. The van der Waals surface area contributed by atoms with E-state index in [2.05, 4.69) is 10.0 Å². The predicted octanol–water partition coefficient (Wildman–Crippen LogP) is 3.06. The average molecular weight is 461 g/mol. The van der Waals surface area contributed by atoms with Gasteiger partial charge in [-0.15, -0.1) is 0 Å². The van der Waals surface area contributed by atoms with Crippen LogP contribution in [0.5, 0.6) is 5.75 Å². The minimum atomic E-state index is -4.10. The molecule has 9 heteroatoms. The molecule has 1 saturated carbocycles. The maximum atomic E-state index is 14.0. The van der Waals surface area contributed by atoms with E-state index in [4.69, 9.17) is 9.47 Å². The van der Waals surface area contributed by atoms with Crippen LogP contribution >= 0.6 is 0 Å². The number of carbonyl (C=O) groups excluding carboxylic acids is 1. The molecule has 3 aliphatic rings. The van der Waals surface area contributed by atoms with Crippen LogP contribution in [0.3, 0.4) is 0 Å². The zero-order valence-corrected chi connectivity index (χ0v) is 18.5. The number of esters is 1. The molecule has 2 N–H and O–H groups in total. The molecule has 2 aliphatic heterocycles. The first-order valence-electron chi connectivity index (χ1n) is 10.8. The van der Waals surface area contributed by atoms with Crippen LogP contribution in [0.25, 0.3) is 0 Å². The number of methoxy groups -OCH3 is 1. The summed E-state index contributed by atoms with van der Waals surface area (Å²) in [6, 6.07) is 7.07. The Balaban J connectivity index is 1.52. The highest BCUT2D eigenvalue weighted by atomic mass is 32.2. The van der Waals surface area contributed by atoms with E-state index in [9.17, 15) is 17.6 Å². The Morgan fingerprint density at radius 1 is 1.31 bits per heavy atom. The monoisotopic (exact) mass is 460 g/mol. The van der Waals surface area contributed by atoms with Crippen molar-refractivity contribution in [1.29, 1.82) is 0 Å². The third kappa shape index (κ3) is 3.84. The van der Waals surface area contributed by atoms with Crippen LogP contribution in [0.4, 0.5) is 10.1 Å². The molecule has 2 fully saturated rings. The Labute approximate surface area is 186 Å². The number of nitrogens with one attached hydrogen (secondary N) is 2. The molecule has 1 saturated heterocycles. The lowest BCUT2D eigenvalue weighted by atomic mass is 9.98. The Kier molecular flexibility index (Phi) is 5.33. The zero-order chi connectivity index (χ0) is 22.5. The van der Waals surface area contributed by atoms with Gasteiger partial charge in [-0.05, 0) is 79.6 Å². The Hall–Kier alpha value is -2.65. The molecule has 0 aromatic heterocycles. The smallest absolute Gasteiger partial charge is 0.343 e. The standard InChI is InChI=1S/C23H25FN2O5S/c1-30-23(27)21-19(4-3-17-18-10-15(18)12-31-22(17)21)26-32(28,29)20-5-2-16(24)9-14(20)8-13-6-7-25-11-13/h2-5,9,13,15,18,25-26H,6-8,10-12H2,1H3/t13-,15-,18-/m0/s1. The largest absolute Gasteiger partial charge is 0.492 e. The number of hydrogen-bond donors (Lipinski definition) is 2. The van der Waals surface area contributed by atoms with E-state index in [1.807, 2.05) is 0 Å². The highest BCUT2D eigenvalue weighted by molar-refractivity contribution is 7.92. The number of sulfonamides is 1. The van der Waals surface area contributed by atoms with Gasteiger partial charge in [0.15, 0.2) is 0 Å². The molecule has 5 rings (SSSR count). The van der Waals surface area contributed by atoms with Crippen LogP contribution < -0.4 is 14.8 Å². The number of rotatable bonds is 6. The molecule has 170 valence electrons. The van der Waals surface area contributed by atoms with E-state index in [0.717, 1.165) is 37.6 Å². The molecular formula is C23H25FN2O5S. The van der Waals surface area contributed by atoms with E-state index in [0.29, 0.717) is 36.2 Å². The quantitative estimate of drug-likeness (QED) is 0.644. The van der Waals surface area contributed by atoms with Crippen LogP contribution in [0.15, 0.2) is 35.2 Å². The molecule has 0 spiro atoms. The number of carbonyl (C=O) groups is 1. The van der Waals surface area contributed by atoms with Crippen LogP contribution in [-0.4, -0.2) is 41.2 Å². The molecule has 2 aromatic carbocycles. The van der Waals surface area contributed by atoms with Gasteiger partial charge in [-0.1, -0.05) is 6.07 Å². The summed E-state index contributed by atoms with van der Waals surface area (Å²) in [7, 11) is -2.85. The second kappa shape index (κ2) is 8.04. The van der Waals surface area contributed by atoms with Crippen molar-refractivity contribution >= 4 is 21.7 Å². The van der Waals surface area contributed by atoms with Crippen molar-refractivity contribution in [2.45, 2.75) is 30.1 Å². The molecule has 0 unspecified atom stereocenters. The molecule has 1 aliphatic carbocycles. The van der Waals surface area contributed by atoms with Crippen molar-refractivity contribution in [2.24, 2.45) is 11.8 Å². The van der Waals surface area contributed by atoms with Crippen molar-refractivity contribution in [1.82, 2.24) is 5.32 Å². The van der Waals surface area contributed by atoms with E-state index in [1.54, 1.807) is 12.1 Å². The van der Waals surface area contributed by atoms with Gasteiger partial charge in [-0.25, -0.2) is 17.6 Å². The highest BCUT2D eigenvalue weighted by Crippen LogP contribution is 2.55. The number of fused-ring (bicyclic) bond motifs is 3. The van der Waals surface area contributed by atoms with Gasteiger partial charge in [0.2, 0.25) is 0 Å². The Morgan fingerprint density at radius 2 is 2.16 bits per heavy atom. The molecule has 7 nitrogen and oxygen atoms in total. The fourth-order valence-corrected chi connectivity index (χ4v) is 6.11. The van der Waals surface area contributed by atoms with Crippen molar-refractivity contribution in [3.63, 3.8) is 0 Å². The minimum Gasteiger partial charge on any atom is -0.492 e. The van der Waals surface area contributed by atoms with Crippen LogP contribution in [-0.2, 0) is 21.2 Å².